The third-order valence-corrected chi connectivity index (χ3v) is 5.50. The Morgan fingerprint density at radius 1 is 1.26 bits per heavy atom. The number of nitrogens with zero attached hydrogens (tertiary/aromatic N) is 2. The minimum Gasteiger partial charge on any atom is -0.376 e. The molecule has 1 aromatic rings. The van der Waals surface area contributed by atoms with Crippen molar-refractivity contribution in [3.63, 3.8) is 0 Å². The van der Waals surface area contributed by atoms with Crippen molar-refractivity contribution in [1.29, 1.82) is 0 Å². The number of nitrogens with one attached hydrogen (secondary N) is 2. The summed E-state index contributed by atoms with van der Waals surface area (Å²) >= 11 is 0. The molecule has 4 amide bonds. The average Bonchev–Trinajstić information content (AvgIpc) is 3.44. The van der Waals surface area contributed by atoms with Gasteiger partial charge < -0.3 is 15.1 Å². The van der Waals surface area contributed by atoms with E-state index in [0.717, 1.165) is 24.1 Å². The summed E-state index contributed by atoms with van der Waals surface area (Å²) in [4.78, 5) is 51.8. The van der Waals surface area contributed by atoms with E-state index in [4.69, 9.17) is 0 Å². The van der Waals surface area contributed by atoms with Crippen LogP contribution in [0.4, 0.5) is 5.69 Å². The molecule has 142 valence electrons. The topological polar surface area (TPSA) is 98.8 Å². The van der Waals surface area contributed by atoms with Crippen LogP contribution in [0.1, 0.15) is 41.6 Å². The Morgan fingerprint density at radius 2 is 2.04 bits per heavy atom. The minimum absolute atomic E-state index is 0.0152. The Labute approximate surface area is 156 Å². The number of carbonyl (C=O) groups excluding carboxylic acids is 4. The molecule has 8 heteroatoms. The second-order valence-electron chi connectivity index (χ2n) is 7.32. The molecule has 2 heterocycles. The summed E-state index contributed by atoms with van der Waals surface area (Å²) in [6.07, 6.45) is 2.66. The zero-order valence-electron chi connectivity index (χ0n) is 15.2. The van der Waals surface area contributed by atoms with Crippen LogP contribution < -0.4 is 10.6 Å². The summed E-state index contributed by atoms with van der Waals surface area (Å²) in [5.41, 5.74) is 2.05. The Kier molecular flexibility index (Phi) is 4.33. The number of likely N-dealkylation sites (N-methyl/N-ethyl adjacent to an activating group) is 1. The van der Waals surface area contributed by atoms with Crippen LogP contribution in [0.25, 0.3) is 0 Å². The smallest absolute Gasteiger partial charge is 0.255 e. The average molecular weight is 370 g/mol. The van der Waals surface area contributed by atoms with Crippen molar-refractivity contribution in [3.8, 4) is 0 Å². The van der Waals surface area contributed by atoms with E-state index in [2.05, 4.69) is 10.6 Å². The zero-order valence-corrected chi connectivity index (χ0v) is 15.2. The molecular formula is C19H22N4O4. The second-order valence-corrected chi connectivity index (χ2v) is 7.32. The number of hydrogen-bond donors (Lipinski definition) is 2. The maximum atomic E-state index is 12.8. The summed E-state index contributed by atoms with van der Waals surface area (Å²) in [6, 6.07) is 5.04. The fraction of sp³-hybridized carbons (Fsp3) is 0.474. The van der Waals surface area contributed by atoms with Crippen molar-refractivity contribution in [3.05, 3.63) is 29.3 Å². The number of rotatable bonds is 5. The fourth-order valence-electron chi connectivity index (χ4n) is 3.71. The van der Waals surface area contributed by atoms with Crippen LogP contribution in [0.2, 0.25) is 0 Å². The number of amides is 4. The lowest BCUT2D eigenvalue weighted by atomic mass is 10.0. The quantitative estimate of drug-likeness (QED) is 0.735. The molecule has 1 aromatic carbocycles. The standard InChI is InChI=1S/C19H22N4O4/c1-22(11-5-6-11)17(25)9-20-14-4-2-3-12-13(14)10-23(19(12)27)15-7-8-16(24)21-18(15)26/h2-4,11,15,20H,5-10H2,1H3,(H,21,24,26). The number of fused-ring (bicyclic) bond motifs is 1. The van der Waals surface area contributed by atoms with Gasteiger partial charge in [-0.25, -0.2) is 0 Å². The molecule has 2 aliphatic heterocycles. The first-order chi connectivity index (χ1) is 13.0. The molecule has 3 aliphatic rings. The van der Waals surface area contributed by atoms with E-state index in [1.165, 1.54) is 4.90 Å². The summed E-state index contributed by atoms with van der Waals surface area (Å²) in [7, 11) is 1.81. The van der Waals surface area contributed by atoms with Gasteiger partial charge in [-0.1, -0.05) is 6.07 Å². The number of anilines is 1. The largest absolute Gasteiger partial charge is 0.376 e. The van der Waals surface area contributed by atoms with Crippen LogP contribution in [0, 0.1) is 0 Å². The third kappa shape index (κ3) is 3.27. The van der Waals surface area contributed by atoms with Crippen LogP contribution >= 0.6 is 0 Å². The van der Waals surface area contributed by atoms with Gasteiger partial charge in [0.1, 0.15) is 6.04 Å². The molecular weight excluding hydrogens is 348 g/mol. The van der Waals surface area contributed by atoms with Crippen molar-refractivity contribution >= 4 is 29.3 Å². The van der Waals surface area contributed by atoms with Gasteiger partial charge in [-0.2, -0.15) is 0 Å². The maximum Gasteiger partial charge on any atom is 0.255 e. The number of hydrogen-bond acceptors (Lipinski definition) is 5. The molecule has 0 bridgehead atoms. The molecule has 0 radical (unpaired) electrons. The van der Waals surface area contributed by atoms with Gasteiger partial charge in [-0.05, 0) is 31.4 Å². The van der Waals surface area contributed by atoms with Crippen molar-refractivity contribution < 1.29 is 19.2 Å². The SMILES string of the molecule is CN(C(=O)CNc1cccc2c1CN(C1CCC(=O)NC1=O)C2=O)C1CC1. The van der Waals surface area contributed by atoms with Crippen molar-refractivity contribution in [1.82, 2.24) is 15.1 Å². The molecule has 1 atom stereocenters. The summed E-state index contributed by atoms with van der Waals surface area (Å²) in [5.74, 6) is -0.935. The Morgan fingerprint density at radius 3 is 2.74 bits per heavy atom. The highest BCUT2D eigenvalue weighted by molar-refractivity contribution is 6.06. The predicted octanol–water partition coefficient (Wildman–Crippen LogP) is 0.480. The first kappa shape index (κ1) is 17.5. The molecule has 2 N–H and O–H groups in total. The first-order valence-corrected chi connectivity index (χ1v) is 9.22. The normalized spacial score (nSPS) is 21.7. The number of carbonyl (C=O) groups is 4. The van der Waals surface area contributed by atoms with Crippen LogP contribution in [0.15, 0.2) is 18.2 Å². The van der Waals surface area contributed by atoms with E-state index >= 15 is 0 Å². The van der Waals surface area contributed by atoms with E-state index in [9.17, 15) is 19.2 Å². The minimum atomic E-state index is -0.641. The fourth-order valence-corrected chi connectivity index (χ4v) is 3.71. The number of imide groups is 1. The zero-order chi connectivity index (χ0) is 19.1. The molecule has 2 fully saturated rings. The lowest BCUT2D eigenvalue weighted by molar-refractivity contribution is -0.137. The molecule has 1 unspecified atom stereocenters. The second kappa shape index (κ2) is 6.68. The monoisotopic (exact) mass is 370 g/mol. The molecule has 1 saturated heterocycles. The van der Waals surface area contributed by atoms with Crippen LogP contribution in [-0.4, -0.2) is 59.1 Å². The molecule has 4 rings (SSSR count). The van der Waals surface area contributed by atoms with Crippen molar-refractivity contribution in [2.24, 2.45) is 0 Å². The lowest BCUT2D eigenvalue weighted by Crippen LogP contribution is -2.52. The Hall–Kier alpha value is -2.90. The Bertz CT molecular complexity index is 833. The molecule has 1 aliphatic carbocycles. The van der Waals surface area contributed by atoms with E-state index in [1.54, 1.807) is 17.0 Å². The van der Waals surface area contributed by atoms with Gasteiger partial charge in [0.2, 0.25) is 17.7 Å². The maximum absolute atomic E-state index is 12.8. The number of benzene rings is 1. The molecule has 27 heavy (non-hydrogen) atoms. The van der Waals surface area contributed by atoms with Gasteiger partial charge in [0, 0.05) is 42.9 Å². The van der Waals surface area contributed by atoms with E-state index in [1.807, 2.05) is 13.1 Å². The summed E-state index contributed by atoms with van der Waals surface area (Å²) < 4.78 is 0. The van der Waals surface area contributed by atoms with Crippen LogP contribution in [-0.2, 0) is 20.9 Å². The molecule has 0 aromatic heterocycles. The van der Waals surface area contributed by atoms with E-state index < -0.39 is 11.9 Å². The van der Waals surface area contributed by atoms with E-state index in [0.29, 0.717) is 18.0 Å². The van der Waals surface area contributed by atoms with Gasteiger partial charge in [-0.3, -0.25) is 24.5 Å². The molecule has 0 spiro atoms. The highest BCUT2D eigenvalue weighted by Gasteiger charge is 2.40. The Balaban J connectivity index is 1.48. The van der Waals surface area contributed by atoms with Crippen molar-refractivity contribution in [2.75, 3.05) is 18.9 Å². The van der Waals surface area contributed by atoms with Gasteiger partial charge >= 0.3 is 0 Å². The van der Waals surface area contributed by atoms with Gasteiger partial charge in [0.05, 0.1) is 6.54 Å². The number of piperidine rings is 1. The molecule has 8 nitrogen and oxygen atoms in total. The third-order valence-electron chi connectivity index (χ3n) is 5.50. The highest BCUT2D eigenvalue weighted by Crippen LogP contribution is 2.32. The summed E-state index contributed by atoms with van der Waals surface area (Å²) in [6.45, 7) is 0.451. The predicted molar refractivity (Wildman–Crippen MR) is 96.8 cm³/mol. The van der Waals surface area contributed by atoms with Gasteiger partial charge in [-0.15, -0.1) is 0 Å². The van der Waals surface area contributed by atoms with Gasteiger partial charge in [0.25, 0.3) is 5.91 Å². The van der Waals surface area contributed by atoms with Crippen LogP contribution in [0.5, 0.6) is 0 Å². The van der Waals surface area contributed by atoms with Crippen LogP contribution in [0.3, 0.4) is 0 Å². The van der Waals surface area contributed by atoms with Gasteiger partial charge in [0.15, 0.2) is 0 Å². The molecule has 1 saturated carbocycles. The van der Waals surface area contributed by atoms with E-state index in [-0.39, 0.29) is 37.2 Å². The first-order valence-electron chi connectivity index (χ1n) is 9.22. The lowest BCUT2D eigenvalue weighted by Gasteiger charge is -2.29. The summed E-state index contributed by atoms with van der Waals surface area (Å²) in [5, 5.41) is 5.45. The van der Waals surface area contributed by atoms with Crippen molar-refractivity contribution in [2.45, 2.75) is 44.3 Å². The highest BCUT2D eigenvalue weighted by atomic mass is 16.2.